The van der Waals surface area contributed by atoms with Gasteiger partial charge in [-0.15, -0.1) is 0 Å². The van der Waals surface area contributed by atoms with Gasteiger partial charge in [0.05, 0.1) is 11.9 Å². The van der Waals surface area contributed by atoms with Crippen molar-refractivity contribution < 1.29 is 0 Å². The van der Waals surface area contributed by atoms with Crippen molar-refractivity contribution in [1.29, 1.82) is 0 Å². The fraction of sp³-hybridized carbons (Fsp3) is 0.667. The van der Waals surface area contributed by atoms with Gasteiger partial charge in [-0.3, -0.25) is 4.79 Å². The maximum absolute atomic E-state index is 12.0. The number of nitrogens with zero attached hydrogens (tertiary/aromatic N) is 3. The van der Waals surface area contributed by atoms with Gasteiger partial charge in [0.2, 0.25) is 0 Å². The average Bonchev–Trinajstić information content (AvgIpc) is 2.42. The van der Waals surface area contributed by atoms with Gasteiger partial charge < -0.3 is 10.2 Å². The first-order chi connectivity index (χ1) is 8.67. The second-order valence-electron chi connectivity index (χ2n) is 4.51. The van der Waals surface area contributed by atoms with E-state index in [1.165, 1.54) is 4.68 Å². The van der Waals surface area contributed by atoms with E-state index in [1.807, 2.05) is 14.0 Å². The molecule has 1 aliphatic rings. The quantitative estimate of drug-likeness (QED) is 0.911. The van der Waals surface area contributed by atoms with Crippen LogP contribution in [-0.2, 0) is 6.54 Å². The van der Waals surface area contributed by atoms with E-state index < -0.39 is 0 Å². The lowest BCUT2D eigenvalue weighted by molar-refractivity contribution is 0.441. The van der Waals surface area contributed by atoms with E-state index in [2.05, 4.69) is 31.2 Å². The van der Waals surface area contributed by atoms with Crippen LogP contribution in [0.5, 0.6) is 0 Å². The van der Waals surface area contributed by atoms with E-state index >= 15 is 0 Å². The Bertz CT molecular complexity index is 466. The summed E-state index contributed by atoms with van der Waals surface area (Å²) in [4.78, 5) is 14.2. The number of aromatic nitrogens is 2. The van der Waals surface area contributed by atoms with Crippen LogP contribution >= 0.6 is 15.9 Å². The summed E-state index contributed by atoms with van der Waals surface area (Å²) >= 11 is 3.41. The van der Waals surface area contributed by atoms with E-state index in [4.69, 9.17) is 0 Å². The highest BCUT2D eigenvalue weighted by atomic mass is 79.9. The van der Waals surface area contributed by atoms with E-state index in [-0.39, 0.29) is 5.56 Å². The number of anilines is 1. The van der Waals surface area contributed by atoms with Gasteiger partial charge in [-0.25, -0.2) is 4.68 Å². The summed E-state index contributed by atoms with van der Waals surface area (Å²) in [5.41, 5.74) is 0.866. The Balaban J connectivity index is 2.20. The lowest BCUT2D eigenvalue weighted by Crippen LogP contribution is -2.42. The molecule has 2 heterocycles. The third kappa shape index (κ3) is 2.59. The molecular weight excluding hydrogens is 296 g/mol. The summed E-state index contributed by atoms with van der Waals surface area (Å²) in [7, 11) is 2.00. The van der Waals surface area contributed by atoms with Crippen LogP contribution in [-0.4, -0.2) is 36.0 Å². The molecule has 0 bridgehead atoms. The monoisotopic (exact) mass is 314 g/mol. The fourth-order valence-electron chi connectivity index (χ4n) is 2.31. The number of rotatable bonds is 3. The van der Waals surface area contributed by atoms with Gasteiger partial charge in [0, 0.05) is 25.7 Å². The van der Waals surface area contributed by atoms with Crippen LogP contribution in [0, 0.1) is 0 Å². The Morgan fingerprint density at radius 1 is 1.50 bits per heavy atom. The number of aryl methyl sites for hydroxylation is 1. The van der Waals surface area contributed by atoms with Crippen molar-refractivity contribution in [3.05, 3.63) is 21.0 Å². The summed E-state index contributed by atoms with van der Waals surface area (Å²) in [5.74, 6) is 0. The summed E-state index contributed by atoms with van der Waals surface area (Å²) in [6, 6.07) is 0.587. The van der Waals surface area contributed by atoms with Gasteiger partial charge in [-0.1, -0.05) is 0 Å². The standard InChI is InChI=1S/C12H19BrN4O/c1-3-17-12(18)11(13)10(8-15-17)16-6-4-9(14-2)5-7-16/h8-9,14H,3-7H2,1-2H3. The van der Waals surface area contributed by atoms with Crippen molar-refractivity contribution >= 4 is 21.6 Å². The Morgan fingerprint density at radius 2 is 2.17 bits per heavy atom. The molecule has 6 heteroatoms. The Labute approximate surface area is 115 Å². The third-order valence-electron chi connectivity index (χ3n) is 3.51. The topological polar surface area (TPSA) is 50.2 Å². The van der Waals surface area contributed by atoms with E-state index in [1.54, 1.807) is 6.20 Å². The third-order valence-corrected chi connectivity index (χ3v) is 4.26. The van der Waals surface area contributed by atoms with Gasteiger partial charge in [0.25, 0.3) is 5.56 Å². The second kappa shape index (κ2) is 5.84. The lowest BCUT2D eigenvalue weighted by Gasteiger charge is -2.33. The van der Waals surface area contributed by atoms with Crippen molar-refractivity contribution in [2.75, 3.05) is 25.0 Å². The molecule has 1 aromatic heterocycles. The molecule has 1 fully saturated rings. The summed E-state index contributed by atoms with van der Waals surface area (Å²) < 4.78 is 2.09. The molecule has 0 amide bonds. The molecule has 0 unspecified atom stereocenters. The number of nitrogens with one attached hydrogen (secondary N) is 1. The van der Waals surface area contributed by atoms with Crippen molar-refractivity contribution in [1.82, 2.24) is 15.1 Å². The van der Waals surface area contributed by atoms with E-state index in [0.29, 0.717) is 17.1 Å². The molecule has 0 aliphatic carbocycles. The first-order valence-corrected chi connectivity index (χ1v) is 7.14. The Hall–Kier alpha value is -0.880. The number of hydrogen-bond donors (Lipinski definition) is 1. The maximum Gasteiger partial charge on any atom is 0.283 e. The molecule has 0 atom stereocenters. The minimum absolute atomic E-state index is 0.0502. The number of halogens is 1. The zero-order valence-corrected chi connectivity index (χ0v) is 12.4. The summed E-state index contributed by atoms with van der Waals surface area (Å²) in [6.45, 7) is 4.43. The molecule has 100 valence electrons. The molecule has 1 aromatic rings. The molecule has 0 radical (unpaired) electrons. The van der Waals surface area contributed by atoms with Gasteiger partial charge >= 0.3 is 0 Å². The largest absolute Gasteiger partial charge is 0.369 e. The van der Waals surface area contributed by atoms with Crippen LogP contribution in [0.2, 0.25) is 0 Å². The second-order valence-corrected chi connectivity index (χ2v) is 5.31. The molecule has 0 aromatic carbocycles. The fourth-order valence-corrected chi connectivity index (χ4v) is 2.87. The molecule has 0 saturated carbocycles. The molecule has 5 nitrogen and oxygen atoms in total. The zero-order valence-electron chi connectivity index (χ0n) is 10.8. The van der Waals surface area contributed by atoms with Crippen LogP contribution < -0.4 is 15.8 Å². The van der Waals surface area contributed by atoms with Crippen LogP contribution in [0.4, 0.5) is 5.69 Å². The minimum Gasteiger partial charge on any atom is -0.369 e. The summed E-state index contributed by atoms with van der Waals surface area (Å²) in [6.07, 6.45) is 3.98. The number of piperidine rings is 1. The van der Waals surface area contributed by atoms with E-state index in [9.17, 15) is 4.79 Å². The number of hydrogen-bond acceptors (Lipinski definition) is 4. The van der Waals surface area contributed by atoms with Gasteiger partial charge in [-0.05, 0) is 42.7 Å². The highest BCUT2D eigenvalue weighted by Gasteiger charge is 2.21. The van der Waals surface area contributed by atoms with Crippen LogP contribution in [0.1, 0.15) is 19.8 Å². The lowest BCUT2D eigenvalue weighted by atomic mass is 10.1. The van der Waals surface area contributed by atoms with Crippen LogP contribution in [0.15, 0.2) is 15.5 Å². The first-order valence-electron chi connectivity index (χ1n) is 6.35. The SMILES string of the molecule is CCn1ncc(N2CCC(NC)CC2)c(Br)c1=O. The van der Waals surface area contributed by atoms with Gasteiger partial charge in [0.1, 0.15) is 4.47 Å². The molecule has 1 N–H and O–H groups in total. The molecule has 2 rings (SSSR count). The predicted octanol–water partition coefficient (Wildman–Crippen LogP) is 1.21. The first kappa shape index (κ1) is 13.5. The summed E-state index contributed by atoms with van der Waals surface area (Å²) in [5, 5.41) is 7.49. The van der Waals surface area contributed by atoms with Crippen LogP contribution in [0.25, 0.3) is 0 Å². The molecule has 1 saturated heterocycles. The van der Waals surface area contributed by atoms with Crippen molar-refractivity contribution in [2.24, 2.45) is 0 Å². The van der Waals surface area contributed by atoms with Crippen LogP contribution in [0.3, 0.4) is 0 Å². The van der Waals surface area contributed by atoms with Gasteiger partial charge in [0.15, 0.2) is 0 Å². The minimum atomic E-state index is -0.0502. The van der Waals surface area contributed by atoms with Crippen molar-refractivity contribution in [2.45, 2.75) is 32.4 Å². The van der Waals surface area contributed by atoms with Crippen molar-refractivity contribution in [3.8, 4) is 0 Å². The highest BCUT2D eigenvalue weighted by molar-refractivity contribution is 9.10. The molecule has 18 heavy (non-hydrogen) atoms. The smallest absolute Gasteiger partial charge is 0.283 e. The maximum atomic E-state index is 12.0. The predicted molar refractivity (Wildman–Crippen MR) is 76.2 cm³/mol. The zero-order chi connectivity index (χ0) is 13.1. The molecular formula is C12H19BrN4O. The molecule has 1 aliphatic heterocycles. The average molecular weight is 315 g/mol. The van der Waals surface area contributed by atoms with Gasteiger partial charge in [-0.2, -0.15) is 5.10 Å². The van der Waals surface area contributed by atoms with Crippen molar-refractivity contribution in [3.63, 3.8) is 0 Å². The molecule has 0 spiro atoms. The Kier molecular flexibility index (Phi) is 4.40. The highest BCUT2D eigenvalue weighted by Crippen LogP contribution is 2.24. The normalized spacial score (nSPS) is 17.2. The van der Waals surface area contributed by atoms with E-state index in [0.717, 1.165) is 31.6 Å². The Morgan fingerprint density at radius 3 is 2.72 bits per heavy atom.